The van der Waals surface area contributed by atoms with E-state index < -0.39 is 0 Å². The first kappa shape index (κ1) is 15.6. The number of nitrogens with one attached hydrogen (secondary N) is 1. The second kappa shape index (κ2) is 7.31. The summed E-state index contributed by atoms with van der Waals surface area (Å²) in [6, 6.07) is 6.13. The van der Waals surface area contributed by atoms with Gasteiger partial charge >= 0.3 is 0 Å². The van der Waals surface area contributed by atoms with E-state index in [1.165, 1.54) is 0 Å². The molecule has 0 aliphatic carbocycles. The molecule has 122 valence electrons. The van der Waals surface area contributed by atoms with Crippen LogP contribution in [0.2, 0.25) is 0 Å². The van der Waals surface area contributed by atoms with Crippen molar-refractivity contribution < 1.29 is 14.2 Å². The van der Waals surface area contributed by atoms with E-state index in [2.05, 4.69) is 29.4 Å². The second-order valence-corrected chi connectivity index (χ2v) is 6.09. The molecule has 0 spiro atoms. The lowest BCUT2D eigenvalue weighted by atomic mass is 10.1. The number of likely N-dealkylation sites (tertiary alicyclic amines) is 1. The molecule has 0 radical (unpaired) electrons. The Hall–Kier alpha value is -1.30. The minimum absolute atomic E-state index is 0.0968. The number of ether oxygens (including phenoxy) is 3. The maximum Gasteiger partial charge on any atom is 0.161 e. The Bertz CT molecular complexity index is 481. The third-order valence-electron chi connectivity index (χ3n) is 4.45. The molecule has 2 saturated heterocycles. The van der Waals surface area contributed by atoms with Crippen molar-refractivity contribution in [1.29, 1.82) is 0 Å². The van der Waals surface area contributed by atoms with Crippen molar-refractivity contribution in [2.24, 2.45) is 0 Å². The molecular weight excluding hydrogens is 280 g/mol. The summed E-state index contributed by atoms with van der Waals surface area (Å²) < 4.78 is 17.5. The molecule has 2 heterocycles. The first-order valence-corrected chi connectivity index (χ1v) is 8.11. The third-order valence-corrected chi connectivity index (χ3v) is 4.45. The summed E-state index contributed by atoms with van der Waals surface area (Å²) in [5.41, 5.74) is 1.15. The molecule has 2 aliphatic heterocycles. The van der Waals surface area contributed by atoms with Crippen LogP contribution in [-0.4, -0.2) is 57.9 Å². The Morgan fingerprint density at radius 2 is 2.05 bits per heavy atom. The van der Waals surface area contributed by atoms with Crippen LogP contribution in [0.25, 0.3) is 0 Å². The normalized spacial score (nSPS) is 24.2. The Labute approximate surface area is 132 Å². The smallest absolute Gasteiger partial charge is 0.161 e. The number of hydrogen-bond acceptors (Lipinski definition) is 5. The number of hydrogen-bond donors (Lipinski definition) is 1. The summed E-state index contributed by atoms with van der Waals surface area (Å²) in [7, 11) is 3.85. The Balaban J connectivity index is 1.72. The lowest BCUT2D eigenvalue weighted by molar-refractivity contribution is 0.0273. The molecule has 1 N–H and O–H groups in total. The lowest BCUT2D eigenvalue weighted by Gasteiger charge is -2.30. The van der Waals surface area contributed by atoms with E-state index in [0.29, 0.717) is 0 Å². The molecule has 1 aromatic carbocycles. The van der Waals surface area contributed by atoms with E-state index in [1.54, 1.807) is 7.11 Å². The maximum atomic E-state index is 6.23. The van der Waals surface area contributed by atoms with Gasteiger partial charge in [-0.3, -0.25) is 0 Å². The van der Waals surface area contributed by atoms with Crippen molar-refractivity contribution in [3.05, 3.63) is 23.8 Å². The fraction of sp³-hybridized carbons (Fsp3) is 0.647. The topological polar surface area (TPSA) is 43.0 Å². The predicted octanol–water partition coefficient (Wildman–Crippen LogP) is 1.83. The van der Waals surface area contributed by atoms with Crippen molar-refractivity contribution in [2.75, 3.05) is 46.9 Å². The van der Waals surface area contributed by atoms with E-state index in [4.69, 9.17) is 14.2 Å². The molecule has 5 nitrogen and oxygen atoms in total. The van der Waals surface area contributed by atoms with E-state index in [-0.39, 0.29) is 12.2 Å². The molecule has 0 amide bonds. The van der Waals surface area contributed by atoms with Crippen molar-refractivity contribution in [3.8, 4) is 11.5 Å². The third kappa shape index (κ3) is 3.72. The summed E-state index contributed by atoms with van der Waals surface area (Å²) in [6.45, 7) is 4.69. The summed E-state index contributed by atoms with van der Waals surface area (Å²) in [5.74, 6) is 1.63. The molecule has 0 aromatic heterocycles. The highest BCUT2D eigenvalue weighted by Crippen LogP contribution is 2.33. The number of rotatable bonds is 4. The van der Waals surface area contributed by atoms with Crippen LogP contribution in [0.3, 0.4) is 0 Å². The van der Waals surface area contributed by atoms with Gasteiger partial charge in [0.1, 0.15) is 6.10 Å². The van der Waals surface area contributed by atoms with E-state index in [9.17, 15) is 0 Å². The molecule has 22 heavy (non-hydrogen) atoms. The van der Waals surface area contributed by atoms with Crippen molar-refractivity contribution in [2.45, 2.75) is 25.0 Å². The van der Waals surface area contributed by atoms with Gasteiger partial charge in [0, 0.05) is 26.2 Å². The van der Waals surface area contributed by atoms with Crippen molar-refractivity contribution in [3.63, 3.8) is 0 Å². The van der Waals surface area contributed by atoms with Gasteiger partial charge in [0.25, 0.3) is 0 Å². The monoisotopic (exact) mass is 306 g/mol. The van der Waals surface area contributed by atoms with Crippen LogP contribution in [0, 0.1) is 0 Å². The summed E-state index contributed by atoms with van der Waals surface area (Å²) in [4.78, 5) is 2.34. The minimum Gasteiger partial charge on any atom is -0.493 e. The molecule has 0 bridgehead atoms. The summed E-state index contributed by atoms with van der Waals surface area (Å²) in [5, 5.41) is 3.37. The van der Waals surface area contributed by atoms with Crippen LogP contribution in [0.15, 0.2) is 18.2 Å². The fourth-order valence-electron chi connectivity index (χ4n) is 3.05. The first-order chi connectivity index (χ1) is 10.8. The van der Waals surface area contributed by atoms with Crippen LogP contribution in [0.4, 0.5) is 0 Å². The molecule has 0 saturated carbocycles. The SMILES string of the molecule is COc1ccc(C2CNCCO2)cc1OC1CCN(C)CC1. The lowest BCUT2D eigenvalue weighted by Crippen LogP contribution is -2.35. The van der Waals surface area contributed by atoms with Gasteiger partial charge in [-0.1, -0.05) is 6.07 Å². The van der Waals surface area contributed by atoms with Gasteiger partial charge in [-0.05, 0) is 37.6 Å². The molecule has 5 heteroatoms. The van der Waals surface area contributed by atoms with Crippen LogP contribution in [0.1, 0.15) is 24.5 Å². The van der Waals surface area contributed by atoms with E-state index in [0.717, 1.165) is 62.7 Å². The largest absolute Gasteiger partial charge is 0.493 e. The number of benzene rings is 1. The molecule has 3 rings (SSSR count). The van der Waals surface area contributed by atoms with Crippen molar-refractivity contribution >= 4 is 0 Å². The molecule has 2 aliphatic rings. The Morgan fingerprint density at radius 3 is 2.73 bits per heavy atom. The van der Waals surface area contributed by atoms with Gasteiger partial charge in [-0.25, -0.2) is 0 Å². The number of morpholine rings is 1. The van der Waals surface area contributed by atoms with Gasteiger partial charge in [-0.15, -0.1) is 0 Å². The van der Waals surface area contributed by atoms with Gasteiger partial charge in [-0.2, -0.15) is 0 Å². The molecule has 1 aromatic rings. The number of piperidine rings is 1. The first-order valence-electron chi connectivity index (χ1n) is 8.11. The summed E-state index contributed by atoms with van der Waals surface area (Å²) >= 11 is 0. The van der Waals surface area contributed by atoms with Crippen LogP contribution >= 0.6 is 0 Å². The number of methoxy groups -OCH3 is 1. The average Bonchev–Trinajstić information content (AvgIpc) is 2.58. The zero-order valence-corrected chi connectivity index (χ0v) is 13.5. The van der Waals surface area contributed by atoms with Crippen LogP contribution < -0.4 is 14.8 Å². The van der Waals surface area contributed by atoms with Gasteiger partial charge in [0.05, 0.1) is 19.8 Å². The highest BCUT2D eigenvalue weighted by atomic mass is 16.5. The second-order valence-electron chi connectivity index (χ2n) is 6.09. The quantitative estimate of drug-likeness (QED) is 0.919. The van der Waals surface area contributed by atoms with Crippen LogP contribution in [0.5, 0.6) is 11.5 Å². The molecule has 2 fully saturated rings. The van der Waals surface area contributed by atoms with Gasteiger partial charge in [0.2, 0.25) is 0 Å². The molecule has 1 atom stereocenters. The highest BCUT2D eigenvalue weighted by Gasteiger charge is 2.22. The van der Waals surface area contributed by atoms with Gasteiger partial charge in [0.15, 0.2) is 11.5 Å². The predicted molar refractivity (Wildman–Crippen MR) is 85.7 cm³/mol. The van der Waals surface area contributed by atoms with E-state index >= 15 is 0 Å². The Kier molecular flexibility index (Phi) is 5.18. The fourth-order valence-corrected chi connectivity index (χ4v) is 3.05. The number of nitrogens with zero attached hydrogens (tertiary/aromatic N) is 1. The maximum absolute atomic E-state index is 6.23. The zero-order valence-electron chi connectivity index (χ0n) is 13.5. The summed E-state index contributed by atoms with van der Waals surface area (Å²) in [6.07, 6.45) is 2.49. The molecule has 1 unspecified atom stereocenters. The Morgan fingerprint density at radius 1 is 1.23 bits per heavy atom. The van der Waals surface area contributed by atoms with Gasteiger partial charge < -0.3 is 24.4 Å². The van der Waals surface area contributed by atoms with E-state index in [1.807, 2.05) is 6.07 Å². The standard InChI is InChI=1S/C17H26N2O3/c1-19-8-5-14(6-9-19)22-16-11-13(3-4-15(16)20-2)17-12-18-7-10-21-17/h3-4,11,14,17-18H,5-10,12H2,1-2H3. The minimum atomic E-state index is 0.0968. The zero-order chi connectivity index (χ0) is 15.4. The molecular formula is C17H26N2O3. The highest BCUT2D eigenvalue weighted by molar-refractivity contribution is 5.44. The average molecular weight is 306 g/mol. The van der Waals surface area contributed by atoms with Crippen LogP contribution in [-0.2, 0) is 4.74 Å². The van der Waals surface area contributed by atoms with Crippen molar-refractivity contribution in [1.82, 2.24) is 10.2 Å².